The highest BCUT2D eigenvalue weighted by Gasteiger charge is 2.30. The summed E-state index contributed by atoms with van der Waals surface area (Å²) in [4.78, 5) is 38.4. The van der Waals surface area contributed by atoms with Crippen LogP contribution in [-0.4, -0.2) is 59.8 Å². The van der Waals surface area contributed by atoms with Crippen LogP contribution < -0.4 is 10.5 Å². The highest BCUT2D eigenvalue weighted by atomic mass is 19.4. The second kappa shape index (κ2) is 10.4. The summed E-state index contributed by atoms with van der Waals surface area (Å²) in [5.74, 6) is 0.820. The first-order valence-electron chi connectivity index (χ1n) is 12.5. The number of piperidine rings is 1. The van der Waals surface area contributed by atoms with Gasteiger partial charge in [-0.2, -0.15) is 23.3 Å². The Morgan fingerprint density at radius 2 is 2.00 bits per heavy atom. The van der Waals surface area contributed by atoms with Crippen molar-refractivity contribution in [1.29, 1.82) is 0 Å². The Bertz CT molecular complexity index is 1550. The monoisotopic (exact) mass is 545 g/mol. The first kappa shape index (κ1) is 26.3. The van der Waals surface area contributed by atoms with Gasteiger partial charge in [-0.15, -0.1) is 0 Å². The van der Waals surface area contributed by atoms with Crippen LogP contribution in [0, 0.1) is 0 Å². The number of alkyl halides is 3. The van der Waals surface area contributed by atoms with Crippen molar-refractivity contribution in [3.8, 4) is 11.4 Å². The summed E-state index contributed by atoms with van der Waals surface area (Å²) in [6, 6.07) is 5.05. The fourth-order valence-electron chi connectivity index (χ4n) is 4.70. The highest BCUT2D eigenvalue weighted by molar-refractivity contribution is 5.76. The number of fused-ring (bicyclic) bond motifs is 1. The van der Waals surface area contributed by atoms with E-state index in [1.54, 1.807) is 16.8 Å². The molecule has 1 fully saturated rings. The molecule has 1 aliphatic heterocycles. The van der Waals surface area contributed by atoms with Crippen LogP contribution in [0.5, 0.6) is 0 Å². The van der Waals surface area contributed by atoms with Gasteiger partial charge >= 0.3 is 12.3 Å². The van der Waals surface area contributed by atoms with Crippen molar-refractivity contribution in [2.24, 2.45) is 0 Å². The molecule has 0 bridgehead atoms. The number of aromatic nitrogens is 6. The quantitative estimate of drug-likeness (QED) is 0.332. The molecule has 2 N–H and O–H groups in total. The normalized spacial score (nSPS) is 14.7. The average molecular weight is 546 g/mol. The minimum absolute atomic E-state index is 0.122. The van der Waals surface area contributed by atoms with Crippen LogP contribution in [0.25, 0.3) is 22.6 Å². The van der Waals surface area contributed by atoms with Gasteiger partial charge in [-0.3, -0.25) is 14.0 Å². The van der Waals surface area contributed by atoms with Crippen molar-refractivity contribution in [2.75, 3.05) is 18.0 Å². The third-order valence-corrected chi connectivity index (χ3v) is 6.54. The standard InChI is InChI=1S/C25H26F3N7O4/c1-2-8-35-22(36)19-21(32-23(35)33-9-6-18(7-10-33)39-24(37)38)31-20(30-19)16-12-29-34(14-16)13-15-4-3-5-17(11-15)25(26,27)28/h3-5,11-12,14,18H,2,6-10,13H2,1H3,(H,30,31)(H,37,38). The van der Waals surface area contributed by atoms with Gasteiger partial charge < -0.3 is 19.7 Å². The van der Waals surface area contributed by atoms with Gasteiger partial charge in [0.05, 0.1) is 23.9 Å². The van der Waals surface area contributed by atoms with Gasteiger partial charge in [0.2, 0.25) is 5.95 Å². The number of nitrogens with one attached hydrogen (secondary N) is 1. The second-order valence-corrected chi connectivity index (χ2v) is 9.35. The molecule has 0 amide bonds. The smallest absolute Gasteiger partial charge is 0.450 e. The van der Waals surface area contributed by atoms with Crippen LogP contribution in [0.4, 0.5) is 23.9 Å². The maximum atomic E-state index is 13.4. The molecule has 0 atom stereocenters. The zero-order valence-electron chi connectivity index (χ0n) is 21.0. The van der Waals surface area contributed by atoms with Crippen LogP contribution in [0.2, 0.25) is 0 Å². The summed E-state index contributed by atoms with van der Waals surface area (Å²) in [5, 5.41) is 13.1. The lowest BCUT2D eigenvalue weighted by Gasteiger charge is -2.32. The summed E-state index contributed by atoms with van der Waals surface area (Å²) in [6.45, 7) is 3.45. The summed E-state index contributed by atoms with van der Waals surface area (Å²) < 4.78 is 47.1. The summed E-state index contributed by atoms with van der Waals surface area (Å²) >= 11 is 0. The fraction of sp³-hybridized carbons (Fsp3) is 0.400. The molecule has 4 heterocycles. The van der Waals surface area contributed by atoms with E-state index in [1.165, 1.54) is 16.9 Å². The van der Waals surface area contributed by atoms with Gasteiger partial charge in [-0.25, -0.2) is 9.78 Å². The van der Waals surface area contributed by atoms with Crippen LogP contribution in [-0.2, 0) is 24.0 Å². The molecule has 1 aromatic carbocycles. The minimum atomic E-state index is -4.43. The summed E-state index contributed by atoms with van der Waals surface area (Å²) in [6.07, 6.45) is -1.34. The molecule has 5 rings (SSSR count). The summed E-state index contributed by atoms with van der Waals surface area (Å²) in [7, 11) is 0. The first-order valence-corrected chi connectivity index (χ1v) is 12.5. The Kier molecular flexibility index (Phi) is 7.02. The molecule has 4 aromatic rings. The molecule has 0 radical (unpaired) electrons. The molecule has 0 unspecified atom stereocenters. The SMILES string of the molecule is CCCn1c(N2CCC(OC(=O)O)CC2)nc2nc(-c3cnn(Cc4cccc(C(F)(F)F)c4)c3)[nH]c2c1=O. The maximum absolute atomic E-state index is 13.4. The van der Waals surface area contributed by atoms with Gasteiger partial charge in [0.1, 0.15) is 11.9 Å². The number of imidazole rings is 1. The van der Waals surface area contributed by atoms with Crippen molar-refractivity contribution in [2.45, 2.75) is 51.6 Å². The third-order valence-electron chi connectivity index (χ3n) is 6.54. The zero-order chi connectivity index (χ0) is 27.7. The average Bonchev–Trinajstić information content (AvgIpc) is 3.53. The molecule has 1 saturated heterocycles. The van der Waals surface area contributed by atoms with E-state index < -0.39 is 24.0 Å². The van der Waals surface area contributed by atoms with E-state index in [-0.39, 0.29) is 23.3 Å². The minimum Gasteiger partial charge on any atom is -0.450 e. The fourth-order valence-corrected chi connectivity index (χ4v) is 4.70. The lowest BCUT2D eigenvalue weighted by molar-refractivity contribution is -0.137. The number of aromatic amines is 1. The number of carbonyl (C=O) groups is 1. The van der Waals surface area contributed by atoms with E-state index >= 15 is 0 Å². The number of ether oxygens (including phenoxy) is 1. The number of rotatable bonds is 7. The van der Waals surface area contributed by atoms with Gasteiger partial charge in [-0.05, 0) is 24.1 Å². The molecule has 0 aliphatic carbocycles. The van der Waals surface area contributed by atoms with Crippen LogP contribution in [0.15, 0.2) is 41.5 Å². The van der Waals surface area contributed by atoms with E-state index in [1.807, 2.05) is 11.8 Å². The largest absolute Gasteiger partial charge is 0.506 e. The van der Waals surface area contributed by atoms with Gasteiger partial charge in [-0.1, -0.05) is 19.1 Å². The molecule has 0 spiro atoms. The number of hydrogen-bond donors (Lipinski definition) is 2. The number of carboxylic acid groups (broad SMARTS) is 1. The van der Waals surface area contributed by atoms with E-state index in [4.69, 9.17) is 9.84 Å². The lowest BCUT2D eigenvalue weighted by Crippen LogP contribution is -2.41. The van der Waals surface area contributed by atoms with Crippen molar-refractivity contribution in [3.63, 3.8) is 0 Å². The van der Waals surface area contributed by atoms with Crippen molar-refractivity contribution in [1.82, 2.24) is 29.3 Å². The predicted octanol–water partition coefficient (Wildman–Crippen LogP) is 4.12. The topological polar surface area (TPSA) is 131 Å². The third kappa shape index (κ3) is 5.59. The zero-order valence-corrected chi connectivity index (χ0v) is 21.0. The molecule has 14 heteroatoms. The second-order valence-electron chi connectivity index (χ2n) is 9.35. The molecule has 206 valence electrons. The molecule has 1 aliphatic rings. The van der Waals surface area contributed by atoms with Crippen LogP contribution in [0.1, 0.15) is 37.3 Å². The number of benzene rings is 1. The maximum Gasteiger partial charge on any atom is 0.506 e. The number of halogens is 3. The molecule has 0 saturated carbocycles. The van der Waals surface area contributed by atoms with E-state index in [9.17, 15) is 22.8 Å². The van der Waals surface area contributed by atoms with E-state index in [0.717, 1.165) is 12.1 Å². The van der Waals surface area contributed by atoms with E-state index in [0.29, 0.717) is 61.8 Å². The van der Waals surface area contributed by atoms with Crippen molar-refractivity contribution < 1.29 is 27.8 Å². The molecule has 11 nitrogen and oxygen atoms in total. The number of H-pyrrole nitrogens is 1. The van der Waals surface area contributed by atoms with Gasteiger partial charge in [0.15, 0.2) is 11.2 Å². The predicted molar refractivity (Wildman–Crippen MR) is 135 cm³/mol. The molecule has 39 heavy (non-hydrogen) atoms. The van der Waals surface area contributed by atoms with Crippen LogP contribution >= 0.6 is 0 Å². The Morgan fingerprint density at radius 1 is 1.23 bits per heavy atom. The number of hydrogen-bond acceptors (Lipinski definition) is 7. The molecule has 3 aromatic heterocycles. The van der Waals surface area contributed by atoms with Crippen molar-refractivity contribution >= 4 is 23.3 Å². The van der Waals surface area contributed by atoms with Crippen LogP contribution in [0.3, 0.4) is 0 Å². The Morgan fingerprint density at radius 3 is 2.69 bits per heavy atom. The number of nitrogens with zero attached hydrogens (tertiary/aromatic N) is 6. The lowest BCUT2D eigenvalue weighted by atomic mass is 10.1. The Balaban J connectivity index is 1.41. The highest BCUT2D eigenvalue weighted by Crippen LogP contribution is 2.30. The molecular formula is C25H26F3N7O4. The van der Waals surface area contributed by atoms with Gasteiger partial charge in [0.25, 0.3) is 5.56 Å². The number of anilines is 1. The Labute approximate surface area is 219 Å². The van der Waals surface area contributed by atoms with Crippen molar-refractivity contribution in [3.05, 3.63) is 58.1 Å². The Hall–Kier alpha value is -4.36. The van der Waals surface area contributed by atoms with E-state index in [2.05, 4.69) is 20.1 Å². The molecular weight excluding hydrogens is 519 g/mol. The summed E-state index contributed by atoms with van der Waals surface area (Å²) in [5.41, 5.74) is 0.443. The first-order chi connectivity index (χ1) is 18.6. The van der Waals surface area contributed by atoms with Gasteiger partial charge in [0, 0.05) is 38.7 Å².